The van der Waals surface area contributed by atoms with Crippen LogP contribution < -0.4 is 5.32 Å². The maximum atomic E-state index is 10.8. The molecule has 0 saturated carbocycles. The Hall–Kier alpha value is -2.44. The summed E-state index contributed by atoms with van der Waals surface area (Å²) >= 11 is 0. The second-order valence-corrected chi connectivity index (χ2v) is 3.71. The van der Waals surface area contributed by atoms with Gasteiger partial charge in [0, 0.05) is 12.6 Å². The van der Waals surface area contributed by atoms with Crippen LogP contribution in [0.4, 0.5) is 11.4 Å². The molecule has 94 valence electrons. The molecule has 1 N–H and O–H groups in total. The van der Waals surface area contributed by atoms with Gasteiger partial charge in [0.1, 0.15) is 0 Å². The molecule has 18 heavy (non-hydrogen) atoms. The van der Waals surface area contributed by atoms with Gasteiger partial charge in [0.25, 0.3) is 0 Å². The Kier molecular flexibility index (Phi) is 3.52. The summed E-state index contributed by atoms with van der Waals surface area (Å²) in [6.45, 7) is 4.37. The molecule has 0 unspecified atom stereocenters. The number of benzene rings is 1. The van der Waals surface area contributed by atoms with Gasteiger partial charge in [-0.3, -0.25) is 10.1 Å². The standard InChI is InChI=1S/C11H12N4O3/c1-2-3-4-7-12-8-5-6-9(15(16)17)11-10(8)13-18-14-11/h2,5-6,12H,1,3-4,7H2. The van der Waals surface area contributed by atoms with Crippen LogP contribution in [0, 0.1) is 10.1 Å². The second kappa shape index (κ2) is 5.26. The molecular weight excluding hydrogens is 236 g/mol. The van der Waals surface area contributed by atoms with Gasteiger partial charge in [-0.15, -0.1) is 6.58 Å². The summed E-state index contributed by atoms with van der Waals surface area (Å²) in [6.07, 6.45) is 3.66. The first-order valence-electron chi connectivity index (χ1n) is 5.48. The minimum atomic E-state index is -0.506. The molecule has 0 saturated heterocycles. The molecule has 0 atom stereocenters. The average Bonchev–Trinajstić information content (AvgIpc) is 2.83. The maximum Gasteiger partial charge on any atom is 0.300 e. The predicted octanol–water partition coefficient (Wildman–Crippen LogP) is 2.51. The van der Waals surface area contributed by atoms with E-state index in [9.17, 15) is 10.1 Å². The van der Waals surface area contributed by atoms with Crippen molar-refractivity contribution in [3.63, 3.8) is 0 Å². The molecule has 0 spiro atoms. The van der Waals surface area contributed by atoms with Crippen molar-refractivity contribution >= 4 is 22.4 Å². The van der Waals surface area contributed by atoms with Crippen molar-refractivity contribution < 1.29 is 9.55 Å². The Balaban J connectivity index is 2.24. The summed E-state index contributed by atoms with van der Waals surface area (Å²) in [7, 11) is 0. The van der Waals surface area contributed by atoms with E-state index in [1.807, 2.05) is 6.08 Å². The number of rotatable bonds is 6. The van der Waals surface area contributed by atoms with E-state index in [-0.39, 0.29) is 11.2 Å². The first kappa shape index (κ1) is 12.0. The molecule has 1 heterocycles. The smallest absolute Gasteiger partial charge is 0.300 e. The number of nitrogens with zero attached hydrogens (tertiary/aromatic N) is 3. The molecule has 0 bridgehead atoms. The van der Waals surface area contributed by atoms with Crippen molar-refractivity contribution in [2.24, 2.45) is 0 Å². The maximum absolute atomic E-state index is 10.8. The first-order valence-corrected chi connectivity index (χ1v) is 5.48. The summed E-state index contributed by atoms with van der Waals surface area (Å²) in [5.74, 6) is 0. The Morgan fingerprint density at radius 3 is 2.94 bits per heavy atom. The highest BCUT2D eigenvalue weighted by Gasteiger charge is 2.19. The van der Waals surface area contributed by atoms with Gasteiger partial charge in [-0.25, -0.2) is 4.63 Å². The van der Waals surface area contributed by atoms with Gasteiger partial charge in [-0.05, 0) is 29.2 Å². The number of hydrogen-bond acceptors (Lipinski definition) is 6. The van der Waals surface area contributed by atoms with Crippen LogP contribution in [-0.2, 0) is 0 Å². The van der Waals surface area contributed by atoms with Crippen molar-refractivity contribution in [2.75, 3.05) is 11.9 Å². The molecule has 7 heteroatoms. The minimum absolute atomic E-state index is 0.108. The third kappa shape index (κ3) is 2.29. The molecule has 2 aromatic rings. The van der Waals surface area contributed by atoms with Gasteiger partial charge in [-0.1, -0.05) is 6.08 Å². The number of aromatic nitrogens is 2. The minimum Gasteiger partial charge on any atom is -0.383 e. The Bertz CT molecular complexity index is 579. The zero-order chi connectivity index (χ0) is 13.0. The fraction of sp³-hybridized carbons (Fsp3) is 0.273. The zero-order valence-corrected chi connectivity index (χ0v) is 9.63. The van der Waals surface area contributed by atoms with Crippen LogP contribution in [-0.4, -0.2) is 21.8 Å². The van der Waals surface area contributed by atoms with Gasteiger partial charge in [-0.2, -0.15) is 0 Å². The van der Waals surface area contributed by atoms with Crippen molar-refractivity contribution in [2.45, 2.75) is 12.8 Å². The summed E-state index contributed by atoms with van der Waals surface area (Å²) < 4.78 is 4.56. The van der Waals surface area contributed by atoms with Crippen molar-refractivity contribution in [3.8, 4) is 0 Å². The summed E-state index contributed by atoms with van der Waals surface area (Å²) in [6, 6.07) is 3.00. The zero-order valence-electron chi connectivity index (χ0n) is 9.63. The molecular formula is C11H12N4O3. The van der Waals surface area contributed by atoms with Crippen LogP contribution in [0.3, 0.4) is 0 Å². The van der Waals surface area contributed by atoms with Crippen LogP contribution in [0.25, 0.3) is 11.0 Å². The lowest BCUT2D eigenvalue weighted by molar-refractivity contribution is -0.383. The summed E-state index contributed by atoms with van der Waals surface area (Å²) in [5.41, 5.74) is 1.11. The second-order valence-electron chi connectivity index (χ2n) is 3.71. The van der Waals surface area contributed by atoms with Crippen LogP contribution >= 0.6 is 0 Å². The number of nitro groups is 1. The highest BCUT2D eigenvalue weighted by Crippen LogP contribution is 2.28. The molecule has 1 aromatic carbocycles. The fourth-order valence-electron chi connectivity index (χ4n) is 1.61. The van der Waals surface area contributed by atoms with E-state index in [2.05, 4.69) is 26.8 Å². The van der Waals surface area contributed by atoms with E-state index >= 15 is 0 Å². The third-order valence-corrected chi connectivity index (χ3v) is 2.49. The highest BCUT2D eigenvalue weighted by molar-refractivity contribution is 5.93. The fourth-order valence-corrected chi connectivity index (χ4v) is 1.61. The Morgan fingerprint density at radius 2 is 2.22 bits per heavy atom. The average molecular weight is 248 g/mol. The normalized spacial score (nSPS) is 10.4. The Labute approximate surface area is 103 Å². The van der Waals surface area contributed by atoms with Crippen molar-refractivity contribution in [1.29, 1.82) is 0 Å². The van der Waals surface area contributed by atoms with Crippen molar-refractivity contribution in [3.05, 3.63) is 34.9 Å². The van der Waals surface area contributed by atoms with Gasteiger partial charge in [0.05, 0.1) is 10.6 Å². The van der Waals surface area contributed by atoms with Crippen LogP contribution in [0.1, 0.15) is 12.8 Å². The molecule has 0 radical (unpaired) electrons. The van der Waals surface area contributed by atoms with Gasteiger partial charge >= 0.3 is 5.69 Å². The lowest BCUT2D eigenvalue weighted by Crippen LogP contribution is -2.02. The van der Waals surface area contributed by atoms with E-state index in [1.165, 1.54) is 6.07 Å². The van der Waals surface area contributed by atoms with Gasteiger partial charge in [0.15, 0.2) is 5.52 Å². The number of anilines is 1. The quantitative estimate of drug-likeness (QED) is 0.365. The summed E-state index contributed by atoms with van der Waals surface area (Å²) in [4.78, 5) is 10.3. The molecule has 0 aliphatic heterocycles. The molecule has 0 aliphatic carbocycles. The van der Waals surface area contributed by atoms with E-state index in [0.29, 0.717) is 11.2 Å². The SMILES string of the molecule is C=CCCCNc1ccc([N+](=O)[O-])c2nonc12. The lowest BCUT2D eigenvalue weighted by Gasteiger charge is -2.04. The van der Waals surface area contributed by atoms with Gasteiger partial charge < -0.3 is 5.32 Å². The molecule has 2 rings (SSSR count). The predicted molar refractivity (Wildman–Crippen MR) is 66.4 cm³/mol. The number of hydrogen-bond donors (Lipinski definition) is 1. The van der Waals surface area contributed by atoms with Crippen molar-refractivity contribution in [1.82, 2.24) is 10.3 Å². The monoisotopic (exact) mass is 248 g/mol. The van der Waals surface area contributed by atoms with E-state index < -0.39 is 4.92 Å². The summed E-state index contributed by atoms with van der Waals surface area (Å²) in [5, 5.41) is 21.2. The van der Waals surface area contributed by atoms with E-state index in [0.717, 1.165) is 19.4 Å². The number of non-ortho nitro benzene ring substituents is 1. The largest absolute Gasteiger partial charge is 0.383 e. The number of nitro benzene ring substituents is 1. The number of allylic oxidation sites excluding steroid dienone is 1. The lowest BCUT2D eigenvalue weighted by atomic mass is 10.2. The molecule has 7 nitrogen and oxygen atoms in total. The topological polar surface area (TPSA) is 94.1 Å². The highest BCUT2D eigenvalue weighted by atomic mass is 16.6. The molecule has 0 amide bonds. The number of unbranched alkanes of at least 4 members (excludes halogenated alkanes) is 1. The van der Waals surface area contributed by atoms with Crippen LogP contribution in [0.5, 0.6) is 0 Å². The van der Waals surface area contributed by atoms with E-state index in [1.54, 1.807) is 6.07 Å². The molecule has 1 aromatic heterocycles. The van der Waals surface area contributed by atoms with E-state index in [4.69, 9.17) is 0 Å². The molecule has 0 aliphatic rings. The third-order valence-electron chi connectivity index (χ3n) is 2.49. The Morgan fingerprint density at radius 1 is 1.44 bits per heavy atom. The first-order chi connectivity index (χ1) is 8.74. The number of nitrogens with one attached hydrogen (secondary N) is 1. The van der Waals surface area contributed by atoms with Crippen LogP contribution in [0.2, 0.25) is 0 Å². The molecule has 0 fully saturated rings. The van der Waals surface area contributed by atoms with Gasteiger partial charge in [0.2, 0.25) is 5.52 Å². The van der Waals surface area contributed by atoms with Crippen LogP contribution in [0.15, 0.2) is 29.4 Å². The number of fused-ring (bicyclic) bond motifs is 1.